The molecule has 10 rings (SSSR count). The summed E-state index contributed by atoms with van der Waals surface area (Å²) in [5.41, 5.74) is 9.84. The van der Waals surface area contributed by atoms with E-state index in [4.69, 9.17) is 13.8 Å². The topological polar surface area (TPSA) is 42.4 Å². The van der Waals surface area contributed by atoms with Crippen LogP contribution in [0.4, 0.5) is 17.1 Å². The number of anilines is 3. The van der Waals surface area contributed by atoms with E-state index in [0.29, 0.717) is 5.89 Å². The molecule has 0 atom stereocenters. The van der Waals surface area contributed by atoms with Gasteiger partial charge < -0.3 is 13.7 Å². The van der Waals surface area contributed by atoms with Crippen LogP contribution in [0.1, 0.15) is 0 Å². The van der Waals surface area contributed by atoms with Gasteiger partial charge in [-0.05, 0) is 77.9 Å². The Kier molecular flexibility index (Phi) is 6.01. The summed E-state index contributed by atoms with van der Waals surface area (Å²) in [5.74, 6) is 0.631. The van der Waals surface area contributed by atoms with E-state index in [9.17, 15) is 0 Å². The van der Waals surface area contributed by atoms with Gasteiger partial charge >= 0.3 is 0 Å². The van der Waals surface area contributed by atoms with Gasteiger partial charge in [-0.2, -0.15) is 0 Å². The van der Waals surface area contributed by atoms with Gasteiger partial charge in [-0.3, -0.25) is 0 Å². The quantitative estimate of drug-likeness (QED) is 0.189. The first kappa shape index (κ1) is 27.0. The smallest absolute Gasteiger partial charge is 0.227 e. The van der Waals surface area contributed by atoms with Crippen LogP contribution >= 0.6 is 11.3 Å². The highest BCUT2D eigenvalue weighted by Crippen LogP contribution is 2.47. The molecule has 0 bridgehead atoms. The molecule has 48 heavy (non-hydrogen) atoms. The van der Waals surface area contributed by atoms with Crippen LogP contribution in [-0.4, -0.2) is 4.98 Å². The highest BCUT2D eigenvalue weighted by molar-refractivity contribution is 7.26. The van der Waals surface area contributed by atoms with Gasteiger partial charge in [-0.15, -0.1) is 11.3 Å². The third-order valence-electron chi connectivity index (χ3n) is 9.08. The van der Waals surface area contributed by atoms with E-state index in [2.05, 4.69) is 120 Å². The Morgan fingerprint density at radius 2 is 1.19 bits per heavy atom. The van der Waals surface area contributed by atoms with E-state index in [1.807, 2.05) is 42.5 Å². The van der Waals surface area contributed by atoms with Crippen LogP contribution < -0.4 is 4.90 Å². The fraction of sp³-hybridized carbons (Fsp3) is 0. The van der Waals surface area contributed by atoms with Crippen molar-refractivity contribution in [1.82, 2.24) is 4.98 Å². The fourth-order valence-corrected chi connectivity index (χ4v) is 8.00. The van der Waals surface area contributed by atoms with Gasteiger partial charge in [0, 0.05) is 53.9 Å². The molecule has 3 aromatic heterocycles. The molecule has 4 nitrogen and oxygen atoms in total. The monoisotopic (exact) mass is 634 g/mol. The van der Waals surface area contributed by atoms with Gasteiger partial charge in [0.25, 0.3) is 0 Å². The summed E-state index contributed by atoms with van der Waals surface area (Å²) in [6.07, 6.45) is 0. The molecule has 0 amide bonds. The average Bonchev–Trinajstić information content (AvgIpc) is 3.84. The average molecular weight is 635 g/mol. The van der Waals surface area contributed by atoms with Crippen molar-refractivity contribution in [3.63, 3.8) is 0 Å². The van der Waals surface area contributed by atoms with Crippen molar-refractivity contribution in [2.75, 3.05) is 4.90 Å². The predicted octanol–water partition coefficient (Wildman–Crippen LogP) is 12.9. The standard InChI is InChI=1S/C43H26N2O2S/c1-3-11-27(12-4-1)29-15-9-16-30(23-29)45(31-21-22-33-32-17-7-8-19-37(32)46-38(33)24-31)36-18-10-20-40-42(36)34-25-39-35(26-41(34)48-40)44-43(47-39)28-13-5-2-6-14-28/h1-26H. The lowest BCUT2D eigenvalue weighted by molar-refractivity contribution is 0.620. The van der Waals surface area contributed by atoms with E-state index >= 15 is 0 Å². The van der Waals surface area contributed by atoms with Crippen molar-refractivity contribution in [2.45, 2.75) is 0 Å². The van der Waals surface area contributed by atoms with Crippen LogP contribution in [0.5, 0.6) is 0 Å². The maximum Gasteiger partial charge on any atom is 0.227 e. The third kappa shape index (κ3) is 4.33. The second-order valence-corrected chi connectivity index (χ2v) is 13.1. The molecule has 0 saturated heterocycles. The van der Waals surface area contributed by atoms with Crippen LogP contribution in [0.25, 0.3) is 75.8 Å². The normalized spacial score (nSPS) is 11.8. The van der Waals surface area contributed by atoms with Gasteiger partial charge in [0.2, 0.25) is 5.89 Å². The number of nitrogens with zero attached hydrogens (tertiary/aromatic N) is 2. The lowest BCUT2D eigenvalue weighted by Crippen LogP contribution is -2.10. The third-order valence-corrected chi connectivity index (χ3v) is 10.2. The zero-order chi connectivity index (χ0) is 31.6. The van der Waals surface area contributed by atoms with E-state index in [1.165, 1.54) is 20.3 Å². The minimum atomic E-state index is 0.631. The van der Waals surface area contributed by atoms with E-state index in [0.717, 1.165) is 66.6 Å². The Bertz CT molecular complexity index is 2790. The minimum absolute atomic E-state index is 0.631. The number of hydrogen-bond donors (Lipinski definition) is 0. The second kappa shape index (κ2) is 10.7. The van der Waals surface area contributed by atoms with Crippen LogP contribution in [-0.2, 0) is 0 Å². The van der Waals surface area contributed by atoms with Crippen LogP contribution in [0.15, 0.2) is 167 Å². The molecular formula is C43H26N2O2S. The fourth-order valence-electron chi connectivity index (χ4n) is 6.85. The van der Waals surface area contributed by atoms with Crippen molar-refractivity contribution >= 4 is 81.6 Å². The Morgan fingerprint density at radius 3 is 2.06 bits per heavy atom. The summed E-state index contributed by atoms with van der Waals surface area (Å²) < 4.78 is 15.1. The number of oxazole rings is 1. The second-order valence-electron chi connectivity index (χ2n) is 12.0. The number of aromatic nitrogens is 1. The number of thiophene rings is 1. The SMILES string of the molecule is c1ccc(-c2cccc(N(c3ccc4c(c3)oc3ccccc34)c3cccc4sc5cc6nc(-c7ccccc7)oc6cc5c34)c2)cc1. The van der Waals surface area contributed by atoms with Crippen LogP contribution in [0.2, 0.25) is 0 Å². The highest BCUT2D eigenvalue weighted by atomic mass is 32.1. The molecule has 0 fully saturated rings. The minimum Gasteiger partial charge on any atom is -0.456 e. The van der Waals surface area contributed by atoms with Crippen LogP contribution in [0, 0.1) is 0 Å². The molecule has 0 aliphatic heterocycles. The maximum absolute atomic E-state index is 6.39. The van der Waals surface area contributed by atoms with Crippen molar-refractivity contribution < 1.29 is 8.83 Å². The lowest BCUT2D eigenvalue weighted by Gasteiger charge is -2.27. The van der Waals surface area contributed by atoms with Crippen molar-refractivity contribution in [3.8, 4) is 22.6 Å². The summed E-state index contributed by atoms with van der Waals surface area (Å²) in [6, 6.07) is 55.0. The van der Waals surface area contributed by atoms with Crippen molar-refractivity contribution in [2.24, 2.45) is 0 Å². The Morgan fingerprint density at radius 1 is 0.458 bits per heavy atom. The Labute approximate surface area is 279 Å². The first-order chi connectivity index (χ1) is 23.8. The summed E-state index contributed by atoms with van der Waals surface area (Å²) in [4.78, 5) is 7.22. The van der Waals surface area contributed by atoms with Gasteiger partial charge in [0.15, 0.2) is 5.58 Å². The number of rotatable bonds is 5. The lowest BCUT2D eigenvalue weighted by atomic mass is 10.0. The van der Waals surface area contributed by atoms with Crippen molar-refractivity contribution in [3.05, 3.63) is 158 Å². The molecule has 226 valence electrons. The summed E-state index contributed by atoms with van der Waals surface area (Å²) in [7, 11) is 0. The number of benzene rings is 7. The van der Waals surface area contributed by atoms with Gasteiger partial charge in [0.1, 0.15) is 16.7 Å². The predicted molar refractivity (Wildman–Crippen MR) is 200 cm³/mol. The molecule has 0 spiro atoms. The number of para-hydroxylation sites is 1. The molecule has 0 unspecified atom stereocenters. The number of hydrogen-bond acceptors (Lipinski definition) is 5. The van der Waals surface area contributed by atoms with E-state index < -0.39 is 0 Å². The van der Waals surface area contributed by atoms with Gasteiger partial charge in [-0.1, -0.05) is 84.9 Å². The molecule has 7 aromatic carbocycles. The first-order valence-corrected chi connectivity index (χ1v) is 16.8. The Hall–Kier alpha value is -6.17. The Balaban J connectivity index is 1.22. The maximum atomic E-state index is 6.39. The molecule has 0 radical (unpaired) electrons. The molecule has 0 aliphatic carbocycles. The van der Waals surface area contributed by atoms with Crippen molar-refractivity contribution in [1.29, 1.82) is 0 Å². The summed E-state index contributed by atoms with van der Waals surface area (Å²) >= 11 is 1.78. The summed E-state index contributed by atoms with van der Waals surface area (Å²) in [5, 5.41) is 4.54. The van der Waals surface area contributed by atoms with Gasteiger partial charge in [-0.25, -0.2) is 4.98 Å². The zero-order valence-electron chi connectivity index (χ0n) is 25.6. The van der Waals surface area contributed by atoms with E-state index in [1.54, 1.807) is 11.3 Å². The highest BCUT2D eigenvalue weighted by Gasteiger charge is 2.21. The molecule has 5 heteroatoms. The molecular weight excluding hydrogens is 609 g/mol. The zero-order valence-corrected chi connectivity index (χ0v) is 26.4. The molecule has 3 heterocycles. The number of furan rings is 1. The van der Waals surface area contributed by atoms with E-state index in [-0.39, 0.29) is 0 Å². The summed E-state index contributed by atoms with van der Waals surface area (Å²) in [6.45, 7) is 0. The molecule has 0 N–H and O–H groups in total. The largest absolute Gasteiger partial charge is 0.456 e. The van der Waals surface area contributed by atoms with Gasteiger partial charge in [0.05, 0.1) is 5.69 Å². The number of fused-ring (bicyclic) bond motifs is 7. The first-order valence-electron chi connectivity index (χ1n) is 15.9. The molecule has 0 saturated carbocycles. The molecule has 10 aromatic rings. The van der Waals surface area contributed by atoms with Crippen LogP contribution in [0.3, 0.4) is 0 Å². The molecule has 0 aliphatic rings.